The molecule has 0 spiro atoms. The second-order valence-corrected chi connectivity index (χ2v) is 3.82. The molecule has 2 aromatic rings. The van der Waals surface area contributed by atoms with Gasteiger partial charge in [-0.2, -0.15) is 10.1 Å². The van der Waals surface area contributed by atoms with Gasteiger partial charge in [0.15, 0.2) is 0 Å². The summed E-state index contributed by atoms with van der Waals surface area (Å²) < 4.78 is 1.90. The third-order valence-corrected chi connectivity index (χ3v) is 2.39. The van der Waals surface area contributed by atoms with Crippen LogP contribution in [0.15, 0.2) is 18.5 Å². The molecule has 2 heterocycles. The summed E-state index contributed by atoms with van der Waals surface area (Å²) in [5.74, 6) is 1.89. The van der Waals surface area contributed by atoms with Gasteiger partial charge in [0.25, 0.3) is 0 Å². The molecule has 90 valence electrons. The fraction of sp³-hybridized carbons (Fsp3) is 0.364. The zero-order valence-electron chi connectivity index (χ0n) is 10.0. The van der Waals surface area contributed by atoms with E-state index in [0.29, 0.717) is 0 Å². The van der Waals surface area contributed by atoms with Gasteiger partial charge in [0.2, 0.25) is 5.95 Å². The predicted molar refractivity (Wildman–Crippen MR) is 67.0 cm³/mol. The third kappa shape index (κ3) is 2.52. The first-order chi connectivity index (χ1) is 8.20. The number of hydrogen-bond acceptors (Lipinski definition) is 5. The average molecular weight is 232 g/mol. The monoisotopic (exact) mass is 232 g/mol. The Bertz CT molecular complexity index is 504. The van der Waals surface area contributed by atoms with E-state index in [1.165, 1.54) is 0 Å². The molecule has 0 saturated heterocycles. The standard InChI is InChI=1S/C11H16N6/c1-3-6-17-9(4-5-14-17)15-10-8(2)7-13-11(12)16-10/h4-5,7H,3,6H2,1-2H3,(H3,12,13,15,16). The lowest BCUT2D eigenvalue weighted by Crippen LogP contribution is -2.07. The van der Waals surface area contributed by atoms with E-state index in [4.69, 9.17) is 5.73 Å². The Morgan fingerprint density at radius 1 is 1.47 bits per heavy atom. The molecule has 0 bridgehead atoms. The number of rotatable bonds is 4. The van der Waals surface area contributed by atoms with Gasteiger partial charge in [0.05, 0.1) is 6.20 Å². The van der Waals surface area contributed by atoms with Crippen molar-refractivity contribution in [2.45, 2.75) is 26.8 Å². The average Bonchev–Trinajstić information content (AvgIpc) is 2.72. The SMILES string of the molecule is CCCn1nccc1Nc1nc(N)ncc1C. The van der Waals surface area contributed by atoms with Crippen molar-refractivity contribution in [1.29, 1.82) is 0 Å². The number of hydrogen-bond donors (Lipinski definition) is 2. The second-order valence-electron chi connectivity index (χ2n) is 3.82. The van der Waals surface area contributed by atoms with Gasteiger partial charge >= 0.3 is 0 Å². The van der Waals surface area contributed by atoms with E-state index in [2.05, 4.69) is 27.3 Å². The Morgan fingerprint density at radius 3 is 3.06 bits per heavy atom. The van der Waals surface area contributed by atoms with Crippen molar-refractivity contribution >= 4 is 17.6 Å². The van der Waals surface area contributed by atoms with Crippen LogP contribution in [-0.4, -0.2) is 19.7 Å². The normalized spacial score (nSPS) is 10.5. The maximum Gasteiger partial charge on any atom is 0.221 e. The molecule has 0 aliphatic carbocycles. The van der Waals surface area contributed by atoms with E-state index in [9.17, 15) is 0 Å². The van der Waals surface area contributed by atoms with Crippen LogP contribution in [0.25, 0.3) is 0 Å². The number of nitrogens with one attached hydrogen (secondary N) is 1. The van der Waals surface area contributed by atoms with Crippen molar-refractivity contribution in [2.24, 2.45) is 0 Å². The van der Waals surface area contributed by atoms with Crippen molar-refractivity contribution in [3.63, 3.8) is 0 Å². The molecular weight excluding hydrogens is 216 g/mol. The summed E-state index contributed by atoms with van der Waals surface area (Å²) in [6.07, 6.45) is 4.49. The second kappa shape index (κ2) is 4.82. The van der Waals surface area contributed by atoms with Gasteiger partial charge in [-0.1, -0.05) is 6.92 Å². The van der Waals surface area contributed by atoms with Crippen molar-refractivity contribution in [2.75, 3.05) is 11.1 Å². The zero-order valence-corrected chi connectivity index (χ0v) is 10.0. The molecule has 17 heavy (non-hydrogen) atoms. The fourth-order valence-electron chi connectivity index (χ4n) is 1.53. The van der Waals surface area contributed by atoms with Crippen molar-refractivity contribution < 1.29 is 0 Å². The summed E-state index contributed by atoms with van der Waals surface area (Å²) in [6.45, 7) is 4.91. The van der Waals surface area contributed by atoms with Crippen LogP contribution in [0.1, 0.15) is 18.9 Å². The lowest BCUT2D eigenvalue weighted by molar-refractivity contribution is 0.610. The highest BCUT2D eigenvalue weighted by atomic mass is 15.3. The Labute approximate surface area is 99.9 Å². The van der Waals surface area contributed by atoms with Crippen LogP contribution in [0.5, 0.6) is 0 Å². The first-order valence-electron chi connectivity index (χ1n) is 5.58. The Kier molecular flexibility index (Phi) is 3.22. The number of nitrogen functional groups attached to an aromatic ring is 1. The van der Waals surface area contributed by atoms with Crippen LogP contribution >= 0.6 is 0 Å². The highest BCUT2D eigenvalue weighted by molar-refractivity contribution is 5.56. The molecule has 0 aliphatic heterocycles. The molecule has 6 heteroatoms. The van der Waals surface area contributed by atoms with E-state index in [1.54, 1.807) is 12.4 Å². The minimum atomic E-state index is 0.264. The van der Waals surface area contributed by atoms with Crippen LogP contribution in [0.3, 0.4) is 0 Å². The molecule has 0 fully saturated rings. The molecule has 2 rings (SSSR count). The van der Waals surface area contributed by atoms with E-state index in [0.717, 1.165) is 30.2 Å². The minimum absolute atomic E-state index is 0.264. The third-order valence-electron chi connectivity index (χ3n) is 2.39. The van der Waals surface area contributed by atoms with E-state index in [-0.39, 0.29) is 5.95 Å². The molecule has 0 aliphatic rings. The van der Waals surface area contributed by atoms with E-state index < -0.39 is 0 Å². The van der Waals surface area contributed by atoms with Gasteiger partial charge < -0.3 is 11.1 Å². The van der Waals surface area contributed by atoms with Gasteiger partial charge in [-0.25, -0.2) is 9.67 Å². The van der Waals surface area contributed by atoms with Crippen LogP contribution in [0, 0.1) is 6.92 Å². The van der Waals surface area contributed by atoms with E-state index >= 15 is 0 Å². The summed E-state index contributed by atoms with van der Waals surface area (Å²) in [7, 11) is 0. The van der Waals surface area contributed by atoms with Crippen molar-refractivity contribution in [3.05, 3.63) is 24.0 Å². The molecule has 0 unspecified atom stereocenters. The lowest BCUT2D eigenvalue weighted by Gasteiger charge is -2.10. The maximum absolute atomic E-state index is 5.57. The fourth-order valence-corrected chi connectivity index (χ4v) is 1.53. The van der Waals surface area contributed by atoms with Crippen LogP contribution in [-0.2, 0) is 6.54 Å². The molecule has 0 saturated carbocycles. The number of nitrogens with two attached hydrogens (primary N) is 1. The van der Waals surface area contributed by atoms with Gasteiger partial charge in [0.1, 0.15) is 11.6 Å². The largest absolute Gasteiger partial charge is 0.368 e. The molecule has 0 radical (unpaired) electrons. The Morgan fingerprint density at radius 2 is 2.29 bits per heavy atom. The van der Waals surface area contributed by atoms with E-state index in [1.807, 2.05) is 17.7 Å². The number of anilines is 3. The van der Waals surface area contributed by atoms with Gasteiger partial charge in [0, 0.05) is 24.4 Å². The first kappa shape index (κ1) is 11.4. The molecular formula is C11H16N6. The summed E-state index contributed by atoms with van der Waals surface area (Å²) in [4.78, 5) is 8.09. The summed E-state index contributed by atoms with van der Waals surface area (Å²) >= 11 is 0. The molecule has 0 aromatic carbocycles. The number of aryl methyl sites for hydroxylation is 2. The Hall–Kier alpha value is -2.11. The summed E-state index contributed by atoms with van der Waals surface area (Å²) in [6, 6.07) is 1.91. The molecule has 2 aromatic heterocycles. The van der Waals surface area contributed by atoms with Crippen molar-refractivity contribution in [1.82, 2.24) is 19.7 Å². The highest BCUT2D eigenvalue weighted by Gasteiger charge is 2.06. The predicted octanol–water partition coefficient (Wildman–Crippen LogP) is 1.72. The highest BCUT2D eigenvalue weighted by Crippen LogP contribution is 2.18. The molecule has 0 amide bonds. The Balaban J connectivity index is 2.25. The number of nitrogens with zero attached hydrogens (tertiary/aromatic N) is 4. The van der Waals surface area contributed by atoms with Crippen LogP contribution in [0.4, 0.5) is 17.6 Å². The van der Waals surface area contributed by atoms with Gasteiger partial charge in [-0.3, -0.25) is 0 Å². The van der Waals surface area contributed by atoms with Crippen LogP contribution < -0.4 is 11.1 Å². The van der Waals surface area contributed by atoms with Gasteiger partial charge in [-0.15, -0.1) is 0 Å². The first-order valence-corrected chi connectivity index (χ1v) is 5.58. The smallest absolute Gasteiger partial charge is 0.221 e. The molecule has 0 atom stereocenters. The molecule has 6 nitrogen and oxygen atoms in total. The lowest BCUT2D eigenvalue weighted by atomic mass is 10.3. The minimum Gasteiger partial charge on any atom is -0.368 e. The number of aromatic nitrogens is 4. The quantitative estimate of drug-likeness (QED) is 0.838. The summed E-state index contributed by atoms with van der Waals surface area (Å²) in [5, 5.41) is 7.45. The maximum atomic E-state index is 5.57. The van der Waals surface area contributed by atoms with Gasteiger partial charge in [-0.05, 0) is 13.3 Å². The summed E-state index contributed by atoms with van der Waals surface area (Å²) in [5.41, 5.74) is 6.52. The molecule has 3 N–H and O–H groups in total. The zero-order chi connectivity index (χ0) is 12.3. The topological polar surface area (TPSA) is 81.7 Å². The van der Waals surface area contributed by atoms with Crippen molar-refractivity contribution in [3.8, 4) is 0 Å². The van der Waals surface area contributed by atoms with Crippen LogP contribution in [0.2, 0.25) is 0 Å².